The first-order chi connectivity index (χ1) is 10.8. The van der Waals surface area contributed by atoms with Gasteiger partial charge in [-0.2, -0.15) is 0 Å². The largest absolute Gasteiger partial charge is 0.264 e. The van der Waals surface area contributed by atoms with E-state index in [-0.39, 0.29) is 0 Å². The molecule has 0 radical (unpaired) electrons. The molecule has 0 aliphatic carbocycles. The van der Waals surface area contributed by atoms with E-state index in [1.807, 2.05) is 36.4 Å². The summed E-state index contributed by atoms with van der Waals surface area (Å²) >= 11 is 7.97. The second-order valence-corrected chi connectivity index (χ2v) is 6.16. The standard InChI is InChI=1S/C17H10ClN3S/c18-15-13-9-14(11-5-2-1-3-6-11)22-17(13)21-16(20-15)12-7-4-8-19-10-12/h1-10H. The molecule has 1 aromatic carbocycles. The minimum Gasteiger partial charge on any atom is -0.264 e. The van der Waals surface area contributed by atoms with E-state index >= 15 is 0 Å². The Morgan fingerprint density at radius 1 is 0.909 bits per heavy atom. The Bertz CT molecular complexity index is 936. The third-order valence-electron chi connectivity index (χ3n) is 3.32. The summed E-state index contributed by atoms with van der Waals surface area (Å²) in [5, 5.41) is 1.36. The van der Waals surface area contributed by atoms with E-state index in [4.69, 9.17) is 11.6 Å². The van der Waals surface area contributed by atoms with Gasteiger partial charge >= 0.3 is 0 Å². The minimum absolute atomic E-state index is 0.474. The molecule has 3 heterocycles. The summed E-state index contributed by atoms with van der Waals surface area (Å²) in [6.07, 6.45) is 3.46. The van der Waals surface area contributed by atoms with Crippen LogP contribution in [0, 0.1) is 0 Å². The molecule has 0 saturated carbocycles. The molecule has 0 aliphatic heterocycles. The van der Waals surface area contributed by atoms with E-state index in [0.717, 1.165) is 26.2 Å². The van der Waals surface area contributed by atoms with Crippen LogP contribution < -0.4 is 0 Å². The van der Waals surface area contributed by atoms with Crippen molar-refractivity contribution in [2.75, 3.05) is 0 Å². The van der Waals surface area contributed by atoms with E-state index < -0.39 is 0 Å². The summed E-state index contributed by atoms with van der Waals surface area (Å²) in [6.45, 7) is 0. The molecule has 0 fully saturated rings. The third kappa shape index (κ3) is 2.36. The number of hydrogen-bond donors (Lipinski definition) is 0. The molecule has 3 nitrogen and oxygen atoms in total. The predicted molar refractivity (Wildman–Crippen MR) is 91.1 cm³/mol. The van der Waals surface area contributed by atoms with Crippen LogP contribution in [-0.2, 0) is 0 Å². The van der Waals surface area contributed by atoms with Gasteiger partial charge < -0.3 is 0 Å². The number of nitrogens with zero attached hydrogens (tertiary/aromatic N) is 3. The molecule has 0 atom stereocenters. The Morgan fingerprint density at radius 3 is 2.50 bits per heavy atom. The summed E-state index contributed by atoms with van der Waals surface area (Å²) in [4.78, 5) is 15.2. The fourth-order valence-corrected chi connectivity index (χ4v) is 3.57. The van der Waals surface area contributed by atoms with E-state index in [1.54, 1.807) is 23.7 Å². The van der Waals surface area contributed by atoms with Crippen molar-refractivity contribution in [2.24, 2.45) is 0 Å². The van der Waals surface area contributed by atoms with Crippen molar-refractivity contribution in [3.05, 3.63) is 66.1 Å². The average Bonchev–Trinajstić information content (AvgIpc) is 3.01. The van der Waals surface area contributed by atoms with Crippen LogP contribution in [0.4, 0.5) is 0 Å². The van der Waals surface area contributed by atoms with Gasteiger partial charge in [-0.15, -0.1) is 11.3 Å². The van der Waals surface area contributed by atoms with E-state index in [0.29, 0.717) is 11.0 Å². The van der Waals surface area contributed by atoms with Crippen LogP contribution in [0.5, 0.6) is 0 Å². The number of halogens is 1. The van der Waals surface area contributed by atoms with E-state index in [9.17, 15) is 0 Å². The van der Waals surface area contributed by atoms with Crippen LogP contribution in [0.25, 0.3) is 32.0 Å². The summed E-state index contributed by atoms with van der Waals surface area (Å²) in [7, 11) is 0. The van der Waals surface area contributed by atoms with Crippen molar-refractivity contribution in [2.45, 2.75) is 0 Å². The van der Waals surface area contributed by atoms with Gasteiger partial charge in [0.25, 0.3) is 0 Å². The average molecular weight is 324 g/mol. The molecule has 0 bridgehead atoms. The molecule has 0 unspecified atom stereocenters. The second kappa shape index (κ2) is 5.48. The maximum absolute atomic E-state index is 6.35. The van der Waals surface area contributed by atoms with Crippen LogP contribution in [0.2, 0.25) is 5.15 Å². The van der Waals surface area contributed by atoms with Crippen molar-refractivity contribution >= 4 is 33.2 Å². The fourth-order valence-electron chi connectivity index (χ4n) is 2.26. The highest BCUT2D eigenvalue weighted by Crippen LogP contribution is 2.36. The first-order valence-corrected chi connectivity index (χ1v) is 7.93. The van der Waals surface area contributed by atoms with Gasteiger partial charge in [0.2, 0.25) is 0 Å². The maximum Gasteiger partial charge on any atom is 0.164 e. The SMILES string of the molecule is Clc1nc(-c2cccnc2)nc2sc(-c3ccccc3)cc12. The number of rotatable bonds is 2. The molecule has 0 saturated heterocycles. The molecule has 4 rings (SSSR count). The molecule has 0 N–H and O–H groups in total. The topological polar surface area (TPSA) is 38.7 Å². The van der Waals surface area contributed by atoms with Gasteiger partial charge in [-0.05, 0) is 23.8 Å². The number of hydrogen-bond acceptors (Lipinski definition) is 4. The molecule has 0 amide bonds. The Hall–Kier alpha value is -2.30. The Kier molecular flexibility index (Phi) is 3.33. The molecular formula is C17H10ClN3S. The monoisotopic (exact) mass is 323 g/mol. The normalized spacial score (nSPS) is 11.0. The molecule has 4 aromatic rings. The number of benzene rings is 1. The van der Waals surface area contributed by atoms with Gasteiger partial charge in [0, 0.05) is 28.2 Å². The van der Waals surface area contributed by atoms with Crippen LogP contribution >= 0.6 is 22.9 Å². The van der Waals surface area contributed by atoms with Crippen molar-refractivity contribution in [3.8, 4) is 21.8 Å². The lowest BCUT2D eigenvalue weighted by molar-refractivity contribution is 1.21. The smallest absolute Gasteiger partial charge is 0.164 e. The summed E-state index contributed by atoms with van der Waals surface area (Å²) in [6, 6.07) is 16.0. The van der Waals surface area contributed by atoms with E-state index in [1.165, 1.54) is 0 Å². The van der Waals surface area contributed by atoms with Gasteiger partial charge in [0.15, 0.2) is 5.82 Å². The van der Waals surface area contributed by atoms with E-state index in [2.05, 4.69) is 27.1 Å². The van der Waals surface area contributed by atoms with Crippen molar-refractivity contribution in [1.29, 1.82) is 0 Å². The predicted octanol–water partition coefficient (Wildman–Crippen LogP) is 5.07. The zero-order valence-electron chi connectivity index (χ0n) is 11.4. The zero-order chi connectivity index (χ0) is 14.9. The highest BCUT2D eigenvalue weighted by molar-refractivity contribution is 7.22. The highest BCUT2D eigenvalue weighted by Gasteiger charge is 2.12. The number of aromatic nitrogens is 3. The lowest BCUT2D eigenvalue weighted by Gasteiger charge is -2.00. The molecular weight excluding hydrogens is 314 g/mol. The van der Waals surface area contributed by atoms with Gasteiger partial charge in [-0.3, -0.25) is 4.98 Å². The highest BCUT2D eigenvalue weighted by atomic mass is 35.5. The molecule has 106 valence electrons. The van der Waals surface area contributed by atoms with Crippen LogP contribution in [0.15, 0.2) is 60.9 Å². The summed E-state index contributed by atoms with van der Waals surface area (Å²) < 4.78 is 0. The first-order valence-electron chi connectivity index (χ1n) is 6.74. The van der Waals surface area contributed by atoms with Crippen molar-refractivity contribution < 1.29 is 0 Å². The maximum atomic E-state index is 6.35. The third-order valence-corrected chi connectivity index (χ3v) is 4.69. The van der Waals surface area contributed by atoms with Crippen LogP contribution in [-0.4, -0.2) is 15.0 Å². The van der Waals surface area contributed by atoms with Gasteiger partial charge in [0.05, 0.1) is 0 Å². The van der Waals surface area contributed by atoms with Crippen LogP contribution in [0.1, 0.15) is 0 Å². The quantitative estimate of drug-likeness (QED) is 0.483. The number of pyridine rings is 1. The lowest BCUT2D eigenvalue weighted by atomic mass is 10.2. The molecule has 0 spiro atoms. The number of thiophene rings is 1. The molecule has 3 aromatic heterocycles. The fraction of sp³-hybridized carbons (Fsp3) is 0. The summed E-state index contributed by atoms with van der Waals surface area (Å²) in [5.41, 5.74) is 2.02. The Balaban J connectivity index is 1.88. The number of fused-ring (bicyclic) bond motifs is 1. The Labute approximate surface area is 136 Å². The van der Waals surface area contributed by atoms with Crippen molar-refractivity contribution in [1.82, 2.24) is 15.0 Å². The van der Waals surface area contributed by atoms with Gasteiger partial charge in [-0.1, -0.05) is 41.9 Å². The van der Waals surface area contributed by atoms with Crippen LogP contribution in [0.3, 0.4) is 0 Å². The van der Waals surface area contributed by atoms with Gasteiger partial charge in [0.1, 0.15) is 9.98 Å². The van der Waals surface area contributed by atoms with Gasteiger partial charge in [-0.25, -0.2) is 9.97 Å². The Morgan fingerprint density at radius 2 is 1.73 bits per heavy atom. The molecule has 22 heavy (non-hydrogen) atoms. The zero-order valence-corrected chi connectivity index (χ0v) is 13.0. The molecule has 0 aliphatic rings. The lowest BCUT2D eigenvalue weighted by Crippen LogP contribution is -1.89. The first kappa shape index (κ1) is 13.4. The minimum atomic E-state index is 0.474. The molecule has 5 heteroatoms. The van der Waals surface area contributed by atoms with Crippen molar-refractivity contribution in [3.63, 3.8) is 0 Å². The second-order valence-electron chi connectivity index (χ2n) is 4.78. The summed E-state index contributed by atoms with van der Waals surface area (Å²) in [5.74, 6) is 0.604.